The number of piperidine rings is 1. The smallest absolute Gasteiger partial charge is 0.251 e. The average Bonchev–Trinajstić information content (AvgIpc) is 2.50. The molecule has 0 bridgehead atoms. The van der Waals surface area contributed by atoms with Gasteiger partial charge < -0.3 is 10.2 Å². The Morgan fingerprint density at radius 2 is 1.83 bits per heavy atom. The van der Waals surface area contributed by atoms with Crippen LogP contribution in [0.4, 0.5) is 8.78 Å². The minimum atomic E-state index is -2.23. The Kier molecular flexibility index (Phi) is 7.21. The fourth-order valence-corrected chi connectivity index (χ4v) is 3.20. The zero-order valence-corrected chi connectivity index (χ0v) is 14.6. The third kappa shape index (κ3) is 5.99. The van der Waals surface area contributed by atoms with Crippen LogP contribution in [0.1, 0.15) is 24.4 Å². The number of halogens is 3. The Balaban J connectivity index is 1.82. The molecule has 23 heavy (non-hydrogen) atoms. The molecule has 0 saturated carbocycles. The molecule has 0 aromatic heterocycles. The molecule has 0 spiro atoms. The van der Waals surface area contributed by atoms with Crippen LogP contribution in [0.15, 0.2) is 24.3 Å². The third-order valence-electron chi connectivity index (χ3n) is 4.46. The zero-order valence-electron chi connectivity index (χ0n) is 13.8. The standard InChI is InChI=1S/C17H26ClF2N3/c1-22(2)16(13-3-5-14(18)6-4-13)11-21-15-7-9-23(10-8-15)12-17(19)20/h3-6,15-17,21H,7-12H2,1-2H3/t16-/m0/s1. The highest BCUT2D eigenvalue weighted by Crippen LogP contribution is 2.21. The van der Waals surface area contributed by atoms with Gasteiger partial charge in [-0.2, -0.15) is 0 Å². The van der Waals surface area contributed by atoms with Crippen molar-refractivity contribution in [1.29, 1.82) is 0 Å². The van der Waals surface area contributed by atoms with Gasteiger partial charge in [0.15, 0.2) is 0 Å². The first-order valence-electron chi connectivity index (χ1n) is 8.11. The number of benzene rings is 1. The van der Waals surface area contributed by atoms with Crippen molar-refractivity contribution < 1.29 is 8.78 Å². The fourth-order valence-electron chi connectivity index (χ4n) is 3.08. The molecule has 1 fully saturated rings. The molecule has 1 atom stereocenters. The number of hydrogen-bond donors (Lipinski definition) is 1. The summed E-state index contributed by atoms with van der Waals surface area (Å²) < 4.78 is 24.8. The average molecular weight is 346 g/mol. The summed E-state index contributed by atoms with van der Waals surface area (Å²) in [5.74, 6) is 0. The molecule has 2 rings (SSSR count). The molecule has 1 N–H and O–H groups in total. The molecule has 130 valence electrons. The van der Waals surface area contributed by atoms with Gasteiger partial charge in [0, 0.05) is 23.7 Å². The van der Waals surface area contributed by atoms with Crippen molar-refractivity contribution in [2.75, 3.05) is 40.3 Å². The van der Waals surface area contributed by atoms with Gasteiger partial charge in [-0.1, -0.05) is 23.7 Å². The molecular weight excluding hydrogens is 320 g/mol. The fraction of sp³-hybridized carbons (Fsp3) is 0.647. The van der Waals surface area contributed by atoms with Crippen LogP contribution in [-0.2, 0) is 0 Å². The Morgan fingerprint density at radius 1 is 1.22 bits per heavy atom. The van der Waals surface area contributed by atoms with E-state index in [0.717, 1.165) is 37.5 Å². The largest absolute Gasteiger partial charge is 0.312 e. The molecule has 1 saturated heterocycles. The van der Waals surface area contributed by atoms with E-state index in [-0.39, 0.29) is 12.6 Å². The lowest BCUT2D eigenvalue weighted by molar-refractivity contribution is 0.0724. The van der Waals surface area contributed by atoms with Crippen molar-refractivity contribution in [3.8, 4) is 0 Å². The van der Waals surface area contributed by atoms with Crippen LogP contribution in [0.2, 0.25) is 5.02 Å². The first kappa shape index (κ1) is 18.6. The normalized spacial score (nSPS) is 18.7. The summed E-state index contributed by atoms with van der Waals surface area (Å²) in [6, 6.07) is 8.61. The van der Waals surface area contributed by atoms with E-state index >= 15 is 0 Å². The van der Waals surface area contributed by atoms with Crippen molar-refractivity contribution in [1.82, 2.24) is 15.1 Å². The van der Waals surface area contributed by atoms with Crippen LogP contribution in [0.5, 0.6) is 0 Å². The Labute approximate surface area is 142 Å². The third-order valence-corrected chi connectivity index (χ3v) is 4.71. The Morgan fingerprint density at radius 3 is 2.35 bits per heavy atom. The van der Waals surface area contributed by atoms with Crippen molar-refractivity contribution in [3.63, 3.8) is 0 Å². The van der Waals surface area contributed by atoms with Gasteiger partial charge in [-0.05, 0) is 57.7 Å². The number of hydrogen-bond acceptors (Lipinski definition) is 3. The first-order valence-corrected chi connectivity index (χ1v) is 8.49. The predicted octanol–water partition coefficient (Wildman–Crippen LogP) is 3.26. The summed E-state index contributed by atoms with van der Waals surface area (Å²) in [4.78, 5) is 4.04. The van der Waals surface area contributed by atoms with E-state index in [9.17, 15) is 8.78 Å². The summed E-state index contributed by atoms with van der Waals surface area (Å²) in [6.45, 7) is 2.23. The molecule has 0 amide bonds. The van der Waals surface area contributed by atoms with Crippen molar-refractivity contribution >= 4 is 11.6 Å². The number of likely N-dealkylation sites (N-methyl/N-ethyl adjacent to an activating group) is 1. The molecule has 1 heterocycles. The van der Waals surface area contributed by atoms with Crippen molar-refractivity contribution in [2.45, 2.75) is 31.4 Å². The lowest BCUT2D eigenvalue weighted by atomic mass is 10.0. The van der Waals surface area contributed by atoms with Crippen LogP contribution in [-0.4, -0.2) is 62.5 Å². The summed E-state index contributed by atoms with van der Waals surface area (Å²) in [6.07, 6.45) is -0.386. The zero-order chi connectivity index (χ0) is 16.8. The summed E-state index contributed by atoms with van der Waals surface area (Å²) >= 11 is 5.96. The molecular formula is C17H26ClF2N3. The maximum absolute atomic E-state index is 12.4. The van der Waals surface area contributed by atoms with Crippen LogP contribution in [0.25, 0.3) is 0 Å². The van der Waals surface area contributed by atoms with E-state index in [4.69, 9.17) is 11.6 Å². The number of nitrogens with one attached hydrogen (secondary N) is 1. The molecule has 0 radical (unpaired) electrons. The Hall–Kier alpha value is -0.750. The van der Waals surface area contributed by atoms with E-state index in [2.05, 4.69) is 36.4 Å². The van der Waals surface area contributed by atoms with Crippen molar-refractivity contribution in [3.05, 3.63) is 34.9 Å². The predicted molar refractivity (Wildman–Crippen MR) is 91.3 cm³/mol. The van der Waals surface area contributed by atoms with Gasteiger partial charge in [0.1, 0.15) is 0 Å². The van der Waals surface area contributed by atoms with Gasteiger partial charge in [-0.25, -0.2) is 8.78 Å². The molecule has 0 unspecified atom stereocenters. The van der Waals surface area contributed by atoms with E-state index < -0.39 is 6.43 Å². The van der Waals surface area contributed by atoms with Crippen LogP contribution >= 0.6 is 11.6 Å². The Bertz CT molecular complexity index is 459. The van der Waals surface area contributed by atoms with Gasteiger partial charge in [-0.3, -0.25) is 4.90 Å². The number of likely N-dealkylation sites (tertiary alicyclic amines) is 1. The highest BCUT2D eigenvalue weighted by atomic mass is 35.5. The van der Waals surface area contributed by atoms with Crippen LogP contribution in [0.3, 0.4) is 0 Å². The molecule has 3 nitrogen and oxygen atoms in total. The molecule has 0 aliphatic carbocycles. The highest BCUT2D eigenvalue weighted by molar-refractivity contribution is 6.30. The van der Waals surface area contributed by atoms with Crippen LogP contribution < -0.4 is 5.32 Å². The summed E-state index contributed by atoms with van der Waals surface area (Å²) in [5, 5.41) is 4.34. The second-order valence-corrected chi connectivity index (χ2v) is 6.84. The van der Waals surface area contributed by atoms with E-state index in [1.54, 1.807) is 0 Å². The molecule has 1 aliphatic heterocycles. The molecule has 1 aromatic carbocycles. The molecule has 1 aliphatic rings. The SMILES string of the molecule is CN(C)[C@@H](CNC1CCN(CC(F)F)CC1)c1ccc(Cl)cc1. The number of nitrogens with zero attached hydrogens (tertiary/aromatic N) is 2. The minimum Gasteiger partial charge on any atom is -0.312 e. The van der Waals surface area contributed by atoms with Crippen LogP contribution in [0, 0.1) is 0 Å². The molecule has 6 heteroatoms. The lowest BCUT2D eigenvalue weighted by Crippen LogP contribution is -2.45. The maximum atomic E-state index is 12.4. The lowest BCUT2D eigenvalue weighted by Gasteiger charge is -2.34. The van der Waals surface area contributed by atoms with Crippen molar-refractivity contribution in [2.24, 2.45) is 0 Å². The first-order chi connectivity index (χ1) is 11.0. The highest BCUT2D eigenvalue weighted by Gasteiger charge is 2.22. The second-order valence-electron chi connectivity index (χ2n) is 6.41. The van der Waals surface area contributed by atoms with E-state index in [1.807, 2.05) is 17.0 Å². The van der Waals surface area contributed by atoms with Gasteiger partial charge >= 0.3 is 0 Å². The van der Waals surface area contributed by atoms with Gasteiger partial charge in [0.05, 0.1) is 6.54 Å². The van der Waals surface area contributed by atoms with E-state index in [0.29, 0.717) is 6.04 Å². The summed E-state index contributed by atoms with van der Waals surface area (Å²) in [5.41, 5.74) is 1.22. The topological polar surface area (TPSA) is 18.5 Å². The van der Waals surface area contributed by atoms with Gasteiger partial charge in [0.25, 0.3) is 6.43 Å². The van der Waals surface area contributed by atoms with Gasteiger partial charge in [0.2, 0.25) is 0 Å². The quantitative estimate of drug-likeness (QED) is 0.818. The molecule has 1 aromatic rings. The summed E-state index contributed by atoms with van der Waals surface area (Å²) in [7, 11) is 4.12. The number of alkyl halides is 2. The van der Waals surface area contributed by atoms with Gasteiger partial charge in [-0.15, -0.1) is 0 Å². The monoisotopic (exact) mass is 345 g/mol. The second kappa shape index (κ2) is 8.92. The van der Waals surface area contributed by atoms with E-state index in [1.165, 1.54) is 5.56 Å². The maximum Gasteiger partial charge on any atom is 0.251 e. The number of rotatable bonds is 7. The minimum absolute atomic E-state index is 0.0994.